The summed E-state index contributed by atoms with van der Waals surface area (Å²) in [6.45, 7) is 2.78. The van der Waals surface area contributed by atoms with Crippen LogP contribution in [0.15, 0.2) is 29.4 Å². The normalized spacial score (nSPS) is 22.4. The van der Waals surface area contributed by atoms with E-state index < -0.39 is 5.91 Å². The molecule has 5 nitrogen and oxygen atoms in total. The molecule has 0 radical (unpaired) electrons. The smallest absolute Gasteiger partial charge is 0.265 e. The number of thiocarbonyl (C=S) groups is 1. The molecule has 1 saturated heterocycles. The number of carbonyl (C=O) groups is 2. The largest absolute Gasteiger partial charge is 0.371 e. The zero-order chi connectivity index (χ0) is 21.4. The Morgan fingerprint density at radius 3 is 2.42 bits per heavy atom. The van der Waals surface area contributed by atoms with Crippen LogP contribution in [0.25, 0.3) is 6.08 Å². The number of nitrogens with one attached hydrogen (secondary N) is 1. The third-order valence-electron chi connectivity index (χ3n) is 6.89. The van der Waals surface area contributed by atoms with Crippen molar-refractivity contribution in [1.82, 2.24) is 10.2 Å². The number of anilines is 1. The summed E-state index contributed by atoms with van der Waals surface area (Å²) in [5, 5.41) is 2.95. The first-order chi connectivity index (χ1) is 15.1. The second kappa shape index (κ2) is 8.58. The SMILES string of the molecule is O=C1NC(=S)N(CCC2=CCCCC2)C(=O)/C1=C/c1cc2c3c(c1)CCCN3CCC2. The molecule has 0 saturated carbocycles. The second-order valence-electron chi connectivity index (χ2n) is 9.01. The molecule has 162 valence electrons. The number of aryl methyl sites for hydroxylation is 2. The Hall–Kier alpha value is -2.47. The first-order valence-electron chi connectivity index (χ1n) is 11.6. The van der Waals surface area contributed by atoms with E-state index in [1.54, 1.807) is 11.0 Å². The van der Waals surface area contributed by atoms with Crippen molar-refractivity contribution in [2.24, 2.45) is 0 Å². The molecule has 3 heterocycles. The van der Waals surface area contributed by atoms with Gasteiger partial charge in [0.15, 0.2) is 5.11 Å². The van der Waals surface area contributed by atoms with Crippen LogP contribution < -0.4 is 10.2 Å². The molecule has 4 aliphatic rings. The van der Waals surface area contributed by atoms with Crippen molar-refractivity contribution in [2.75, 3.05) is 24.5 Å². The maximum absolute atomic E-state index is 13.2. The minimum Gasteiger partial charge on any atom is -0.371 e. The average Bonchev–Trinajstić information content (AvgIpc) is 2.77. The quantitative estimate of drug-likeness (QED) is 0.337. The van der Waals surface area contributed by atoms with Gasteiger partial charge in [-0.25, -0.2) is 0 Å². The Bertz CT molecular complexity index is 979. The van der Waals surface area contributed by atoms with Gasteiger partial charge in [-0.05, 0) is 105 Å². The lowest BCUT2D eigenvalue weighted by Crippen LogP contribution is -2.54. The van der Waals surface area contributed by atoms with Gasteiger partial charge in [0, 0.05) is 25.3 Å². The fourth-order valence-electron chi connectivity index (χ4n) is 5.36. The molecule has 0 aromatic heterocycles. The maximum Gasteiger partial charge on any atom is 0.265 e. The van der Waals surface area contributed by atoms with Crippen LogP contribution in [0.4, 0.5) is 5.69 Å². The van der Waals surface area contributed by atoms with Crippen molar-refractivity contribution in [3.8, 4) is 0 Å². The molecule has 0 atom stereocenters. The number of benzene rings is 1. The van der Waals surface area contributed by atoms with Crippen molar-refractivity contribution < 1.29 is 9.59 Å². The predicted octanol–water partition coefficient (Wildman–Crippen LogP) is 3.90. The van der Waals surface area contributed by atoms with E-state index in [1.807, 2.05) is 0 Å². The van der Waals surface area contributed by atoms with Gasteiger partial charge in [0.2, 0.25) is 0 Å². The van der Waals surface area contributed by atoms with E-state index in [2.05, 4.69) is 28.4 Å². The fourth-order valence-corrected chi connectivity index (χ4v) is 5.63. The van der Waals surface area contributed by atoms with E-state index in [0.717, 1.165) is 63.6 Å². The van der Waals surface area contributed by atoms with E-state index in [-0.39, 0.29) is 16.6 Å². The molecule has 1 aliphatic carbocycles. The van der Waals surface area contributed by atoms with E-state index >= 15 is 0 Å². The number of carbonyl (C=O) groups excluding carboxylic acids is 2. The maximum atomic E-state index is 13.2. The van der Waals surface area contributed by atoms with Crippen LogP contribution in [-0.4, -0.2) is 41.5 Å². The molecular weight excluding hydrogens is 406 g/mol. The number of nitrogens with zero attached hydrogens (tertiary/aromatic N) is 2. The predicted molar refractivity (Wildman–Crippen MR) is 127 cm³/mol. The average molecular weight is 436 g/mol. The number of hydrogen-bond donors (Lipinski definition) is 1. The van der Waals surface area contributed by atoms with Crippen molar-refractivity contribution in [1.29, 1.82) is 0 Å². The van der Waals surface area contributed by atoms with E-state index in [1.165, 1.54) is 35.2 Å². The van der Waals surface area contributed by atoms with Gasteiger partial charge in [-0.1, -0.05) is 11.6 Å². The summed E-state index contributed by atoms with van der Waals surface area (Å²) in [6.07, 6.45) is 14.0. The molecule has 1 aromatic rings. The Balaban J connectivity index is 1.41. The Labute approximate surface area is 189 Å². The third-order valence-corrected chi connectivity index (χ3v) is 7.22. The first-order valence-corrected chi connectivity index (χ1v) is 12.0. The van der Waals surface area contributed by atoms with Crippen LogP contribution in [0, 0.1) is 0 Å². The number of allylic oxidation sites excluding steroid dienone is 1. The summed E-state index contributed by atoms with van der Waals surface area (Å²) in [7, 11) is 0. The molecule has 1 aromatic carbocycles. The van der Waals surface area contributed by atoms with Gasteiger partial charge in [-0.3, -0.25) is 19.8 Å². The van der Waals surface area contributed by atoms with Crippen molar-refractivity contribution in [3.05, 3.63) is 46.0 Å². The van der Waals surface area contributed by atoms with Crippen molar-refractivity contribution >= 4 is 40.9 Å². The highest BCUT2D eigenvalue weighted by molar-refractivity contribution is 7.80. The summed E-state index contributed by atoms with van der Waals surface area (Å²) < 4.78 is 0. The molecule has 5 rings (SSSR count). The summed E-state index contributed by atoms with van der Waals surface area (Å²) >= 11 is 5.33. The van der Waals surface area contributed by atoms with Crippen molar-refractivity contribution in [2.45, 2.75) is 57.8 Å². The summed E-state index contributed by atoms with van der Waals surface area (Å²) in [6, 6.07) is 4.32. The van der Waals surface area contributed by atoms with Gasteiger partial charge in [0.05, 0.1) is 0 Å². The summed E-state index contributed by atoms with van der Waals surface area (Å²) in [4.78, 5) is 29.9. The molecule has 0 spiro atoms. The van der Waals surface area contributed by atoms with Gasteiger partial charge in [-0.15, -0.1) is 0 Å². The highest BCUT2D eigenvalue weighted by atomic mass is 32.1. The highest BCUT2D eigenvalue weighted by Gasteiger charge is 2.33. The molecule has 1 fully saturated rings. The van der Waals surface area contributed by atoms with Crippen LogP contribution >= 0.6 is 12.2 Å². The van der Waals surface area contributed by atoms with Crippen molar-refractivity contribution in [3.63, 3.8) is 0 Å². The van der Waals surface area contributed by atoms with Gasteiger partial charge in [0.25, 0.3) is 11.8 Å². The third kappa shape index (κ3) is 4.05. The molecule has 31 heavy (non-hydrogen) atoms. The molecular formula is C25H29N3O2S. The lowest BCUT2D eigenvalue weighted by Gasteiger charge is -2.37. The van der Waals surface area contributed by atoms with Gasteiger partial charge in [-0.2, -0.15) is 0 Å². The van der Waals surface area contributed by atoms with Gasteiger partial charge in [0.1, 0.15) is 5.57 Å². The topological polar surface area (TPSA) is 52.7 Å². The number of hydrogen-bond acceptors (Lipinski definition) is 4. The van der Waals surface area contributed by atoms with E-state index in [4.69, 9.17) is 12.2 Å². The lowest BCUT2D eigenvalue weighted by atomic mass is 9.89. The molecule has 1 N–H and O–H groups in total. The zero-order valence-electron chi connectivity index (χ0n) is 17.9. The van der Waals surface area contributed by atoms with Crippen LogP contribution in [0.3, 0.4) is 0 Å². The minimum absolute atomic E-state index is 0.182. The molecule has 6 heteroatoms. The number of rotatable bonds is 4. The Morgan fingerprint density at radius 2 is 1.74 bits per heavy atom. The Morgan fingerprint density at radius 1 is 1.00 bits per heavy atom. The first kappa shape index (κ1) is 20.4. The highest BCUT2D eigenvalue weighted by Crippen LogP contribution is 2.36. The van der Waals surface area contributed by atoms with Crippen LogP contribution in [0.2, 0.25) is 0 Å². The second-order valence-corrected chi connectivity index (χ2v) is 9.40. The summed E-state index contributed by atoms with van der Waals surface area (Å²) in [5.74, 6) is -0.672. The molecule has 0 bridgehead atoms. The van der Waals surface area contributed by atoms with Crippen LogP contribution in [-0.2, 0) is 22.4 Å². The standard InChI is InChI=1S/C25H29N3O2S/c29-23-21(24(30)28(25(31)26-23)13-10-17-6-2-1-3-7-17)16-18-14-19-8-4-11-27-12-5-9-20(15-18)22(19)27/h6,14-16H,1-5,7-13H2,(H,26,29,31)/b21-16+. The fraction of sp³-hybridized carbons (Fsp3) is 0.480. The van der Waals surface area contributed by atoms with Crippen LogP contribution in [0.1, 0.15) is 61.6 Å². The Kier molecular flexibility index (Phi) is 5.65. The number of amides is 2. The van der Waals surface area contributed by atoms with E-state index in [9.17, 15) is 9.59 Å². The molecule has 0 unspecified atom stereocenters. The molecule has 2 amide bonds. The monoisotopic (exact) mass is 435 g/mol. The molecule has 3 aliphatic heterocycles. The van der Waals surface area contributed by atoms with Gasteiger partial charge < -0.3 is 4.90 Å². The van der Waals surface area contributed by atoms with Crippen LogP contribution in [0.5, 0.6) is 0 Å². The lowest BCUT2D eigenvalue weighted by molar-refractivity contribution is -0.128. The van der Waals surface area contributed by atoms with E-state index in [0.29, 0.717) is 6.54 Å². The zero-order valence-corrected chi connectivity index (χ0v) is 18.7. The van der Waals surface area contributed by atoms with Gasteiger partial charge >= 0.3 is 0 Å². The summed E-state index contributed by atoms with van der Waals surface area (Å²) in [5.41, 5.74) is 6.59. The minimum atomic E-state index is -0.392.